The summed E-state index contributed by atoms with van der Waals surface area (Å²) in [6.45, 7) is -0.107. The number of halogens is 9. The van der Waals surface area contributed by atoms with Crippen LogP contribution in [0.5, 0.6) is 11.5 Å². The van der Waals surface area contributed by atoms with Gasteiger partial charge in [0, 0.05) is 23.5 Å². The van der Waals surface area contributed by atoms with Gasteiger partial charge in [-0.25, -0.2) is 22.0 Å². The zero-order chi connectivity index (χ0) is 34.6. The number of alkyl halides is 4. The number of hydrogen-bond acceptors (Lipinski definition) is 4. The first-order valence-electron chi connectivity index (χ1n) is 15.9. The molecule has 1 saturated carbocycles. The molecule has 0 radical (unpaired) electrons. The van der Waals surface area contributed by atoms with Gasteiger partial charge >= 0.3 is 12.7 Å². The molecule has 0 N–H and O–H groups in total. The van der Waals surface area contributed by atoms with Crippen molar-refractivity contribution in [2.24, 2.45) is 11.8 Å². The van der Waals surface area contributed by atoms with Crippen LogP contribution in [-0.4, -0.2) is 26.1 Å². The molecule has 13 heteroatoms. The third-order valence-corrected chi connectivity index (χ3v) is 8.89. The molecule has 0 spiro atoms. The summed E-state index contributed by atoms with van der Waals surface area (Å²) >= 11 is 0. The lowest BCUT2D eigenvalue weighted by Crippen LogP contribution is -2.38. The molecule has 5 rings (SSSR count). The molecule has 4 nitrogen and oxygen atoms in total. The number of ether oxygens (including phenoxy) is 4. The Morgan fingerprint density at radius 3 is 1.98 bits per heavy atom. The SMILES string of the molecule is CCCCCC1COC(C2CCC(c3cc(F)c(C(F)(F)Oc4ccc(-c5cc(F)c(OC(F)F)c(F)c5)c(F)c4)c(F)c3)CC2)OC1. The van der Waals surface area contributed by atoms with E-state index in [4.69, 9.17) is 9.47 Å². The lowest BCUT2D eigenvalue weighted by Gasteiger charge is -2.37. The van der Waals surface area contributed by atoms with Gasteiger partial charge in [-0.15, -0.1) is 0 Å². The van der Waals surface area contributed by atoms with Crippen LogP contribution in [0.1, 0.15) is 75.3 Å². The Balaban J connectivity index is 1.22. The Hall–Kier alpha value is -3.45. The highest BCUT2D eigenvalue weighted by Gasteiger charge is 2.42. The van der Waals surface area contributed by atoms with Gasteiger partial charge < -0.3 is 18.9 Å². The van der Waals surface area contributed by atoms with E-state index in [1.165, 1.54) is 6.42 Å². The first-order valence-corrected chi connectivity index (χ1v) is 15.9. The van der Waals surface area contributed by atoms with Gasteiger partial charge in [-0.05, 0) is 85.5 Å². The Kier molecular flexibility index (Phi) is 11.5. The number of unbranched alkanes of at least 4 members (excludes halogenated alkanes) is 2. The molecule has 0 bridgehead atoms. The van der Waals surface area contributed by atoms with Crippen LogP contribution in [-0.2, 0) is 15.6 Å². The Morgan fingerprint density at radius 2 is 1.42 bits per heavy atom. The number of rotatable bonds is 12. The maximum absolute atomic E-state index is 15.1. The molecule has 1 aliphatic carbocycles. The summed E-state index contributed by atoms with van der Waals surface area (Å²) in [5, 5.41) is 0. The highest BCUT2D eigenvalue weighted by molar-refractivity contribution is 5.66. The highest BCUT2D eigenvalue weighted by atomic mass is 19.3. The van der Waals surface area contributed by atoms with Gasteiger partial charge in [0.05, 0.1) is 13.2 Å². The van der Waals surface area contributed by atoms with Crippen molar-refractivity contribution in [3.63, 3.8) is 0 Å². The molecule has 262 valence electrons. The topological polar surface area (TPSA) is 36.9 Å². The van der Waals surface area contributed by atoms with Crippen LogP contribution in [0.15, 0.2) is 42.5 Å². The second-order valence-electron chi connectivity index (χ2n) is 12.3. The molecule has 3 aromatic rings. The van der Waals surface area contributed by atoms with Gasteiger partial charge in [0.25, 0.3) is 0 Å². The highest BCUT2D eigenvalue weighted by Crippen LogP contribution is 2.42. The van der Waals surface area contributed by atoms with Crippen molar-refractivity contribution in [1.29, 1.82) is 0 Å². The quantitative estimate of drug-likeness (QED) is 0.140. The van der Waals surface area contributed by atoms with Crippen LogP contribution in [0.4, 0.5) is 39.5 Å². The Labute approximate surface area is 272 Å². The predicted octanol–water partition coefficient (Wildman–Crippen LogP) is 10.6. The fourth-order valence-corrected chi connectivity index (χ4v) is 6.42. The van der Waals surface area contributed by atoms with Gasteiger partial charge in [0.15, 0.2) is 23.7 Å². The fourth-order valence-electron chi connectivity index (χ4n) is 6.42. The summed E-state index contributed by atoms with van der Waals surface area (Å²) < 4.78 is 148. The van der Waals surface area contributed by atoms with E-state index in [-0.39, 0.29) is 23.7 Å². The minimum Gasteiger partial charge on any atom is -0.429 e. The normalized spacial score (nSPS) is 21.8. The molecule has 0 amide bonds. The van der Waals surface area contributed by atoms with E-state index in [0.717, 1.165) is 43.5 Å². The summed E-state index contributed by atoms with van der Waals surface area (Å²) in [6.07, 6.45) is 2.05. The van der Waals surface area contributed by atoms with Crippen molar-refractivity contribution in [3.05, 3.63) is 82.7 Å². The van der Waals surface area contributed by atoms with Crippen LogP contribution >= 0.6 is 0 Å². The summed E-state index contributed by atoms with van der Waals surface area (Å²) in [6, 6.07) is 4.76. The molecule has 2 aliphatic rings. The standard InChI is InChI=1S/C35H35F9O4/c1-2-3-4-5-19-17-45-33(46-18-19)21-8-6-20(7-9-21)22-12-27(37)31(28(38)13-22)35(43,44)48-24-10-11-25(26(36)16-24)23-14-29(39)32(30(40)15-23)47-34(41)42/h10-16,19-21,33-34H,2-9,17-18H2,1H3. The maximum atomic E-state index is 15.1. The fraction of sp³-hybridized carbons (Fsp3) is 0.486. The van der Waals surface area contributed by atoms with Crippen LogP contribution in [0.3, 0.4) is 0 Å². The van der Waals surface area contributed by atoms with Crippen LogP contribution in [0.25, 0.3) is 11.1 Å². The largest absolute Gasteiger partial charge is 0.432 e. The van der Waals surface area contributed by atoms with Crippen molar-refractivity contribution >= 4 is 0 Å². The van der Waals surface area contributed by atoms with E-state index in [9.17, 15) is 22.0 Å². The molecule has 3 aromatic carbocycles. The van der Waals surface area contributed by atoms with E-state index in [0.29, 0.717) is 63.0 Å². The molecule has 2 fully saturated rings. The molecule has 1 saturated heterocycles. The van der Waals surface area contributed by atoms with Gasteiger partial charge in [-0.2, -0.15) is 17.6 Å². The lowest BCUT2D eigenvalue weighted by atomic mass is 9.78. The smallest absolute Gasteiger partial charge is 0.429 e. The molecule has 0 atom stereocenters. The number of hydrogen-bond donors (Lipinski definition) is 0. The average Bonchev–Trinajstić information content (AvgIpc) is 3.02. The molecule has 0 aromatic heterocycles. The van der Waals surface area contributed by atoms with Gasteiger partial charge in [-0.1, -0.05) is 26.2 Å². The predicted molar refractivity (Wildman–Crippen MR) is 157 cm³/mol. The van der Waals surface area contributed by atoms with Crippen molar-refractivity contribution in [1.82, 2.24) is 0 Å². The van der Waals surface area contributed by atoms with Gasteiger partial charge in [-0.3, -0.25) is 0 Å². The summed E-state index contributed by atoms with van der Waals surface area (Å²) in [7, 11) is 0. The van der Waals surface area contributed by atoms with Gasteiger partial charge in [0.1, 0.15) is 28.8 Å². The van der Waals surface area contributed by atoms with Crippen molar-refractivity contribution < 1.29 is 58.5 Å². The molecule has 1 aliphatic heterocycles. The third kappa shape index (κ3) is 8.39. The first-order chi connectivity index (χ1) is 22.9. The third-order valence-electron chi connectivity index (χ3n) is 8.89. The minimum absolute atomic E-state index is 0.119. The molecule has 48 heavy (non-hydrogen) atoms. The molecule has 0 unspecified atom stereocenters. The summed E-state index contributed by atoms with van der Waals surface area (Å²) in [5.74, 6) is -9.51. The molecular weight excluding hydrogens is 655 g/mol. The van der Waals surface area contributed by atoms with Crippen molar-refractivity contribution in [2.75, 3.05) is 13.2 Å². The second kappa shape index (κ2) is 15.4. The lowest BCUT2D eigenvalue weighted by molar-refractivity contribution is -0.229. The van der Waals surface area contributed by atoms with Crippen LogP contribution in [0, 0.1) is 40.9 Å². The van der Waals surface area contributed by atoms with Crippen LogP contribution < -0.4 is 9.47 Å². The molecule has 1 heterocycles. The maximum Gasteiger partial charge on any atom is 0.432 e. The van der Waals surface area contributed by atoms with E-state index in [2.05, 4.69) is 16.4 Å². The van der Waals surface area contributed by atoms with E-state index in [1.54, 1.807) is 0 Å². The van der Waals surface area contributed by atoms with E-state index >= 15 is 17.6 Å². The zero-order valence-electron chi connectivity index (χ0n) is 26.0. The average molecular weight is 691 g/mol. The van der Waals surface area contributed by atoms with Crippen molar-refractivity contribution in [3.8, 4) is 22.6 Å². The summed E-state index contributed by atoms with van der Waals surface area (Å²) in [4.78, 5) is 0. The van der Waals surface area contributed by atoms with E-state index < -0.39 is 70.0 Å². The monoisotopic (exact) mass is 690 g/mol. The summed E-state index contributed by atoms with van der Waals surface area (Å²) in [5.41, 5.74) is -2.41. The van der Waals surface area contributed by atoms with Gasteiger partial charge in [0.2, 0.25) is 0 Å². The number of benzene rings is 3. The molecular formula is C35H35F9O4. The zero-order valence-corrected chi connectivity index (χ0v) is 26.0. The Bertz CT molecular complexity index is 1500. The second-order valence-corrected chi connectivity index (χ2v) is 12.3. The van der Waals surface area contributed by atoms with Crippen LogP contribution in [0.2, 0.25) is 0 Å². The van der Waals surface area contributed by atoms with Crippen molar-refractivity contribution in [2.45, 2.75) is 83.2 Å². The first kappa shape index (κ1) is 35.8. The minimum atomic E-state index is -4.57. The Morgan fingerprint density at radius 1 is 0.792 bits per heavy atom. The van der Waals surface area contributed by atoms with E-state index in [1.807, 2.05) is 0 Å².